The minimum Gasteiger partial charge on any atom is -0.375 e. The lowest BCUT2D eigenvalue weighted by atomic mass is 9.66. The van der Waals surface area contributed by atoms with Gasteiger partial charge in [-0.2, -0.15) is 5.26 Å². The molecule has 0 aromatic carbocycles. The summed E-state index contributed by atoms with van der Waals surface area (Å²) in [4.78, 5) is 4.53. The maximum atomic E-state index is 9.43. The van der Waals surface area contributed by atoms with Crippen molar-refractivity contribution in [2.45, 2.75) is 49.5 Å². The van der Waals surface area contributed by atoms with E-state index in [1.165, 1.54) is 12.8 Å². The van der Waals surface area contributed by atoms with Gasteiger partial charge in [0.15, 0.2) is 0 Å². The maximum Gasteiger partial charge on any atom is 0.0951 e. The predicted octanol–water partition coefficient (Wildman–Crippen LogP) is 3.52. The first-order chi connectivity index (χ1) is 9.71. The number of rotatable bonds is 2. The minimum atomic E-state index is -0.335. The summed E-state index contributed by atoms with van der Waals surface area (Å²) < 4.78 is 6.12. The van der Waals surface area contributed by atoms with Gasteiger partial charge in [0.25, 0.3) is 0 Å². The van der Waals surface area contributed by atoms with Crippen molar-refractivity contribution in [3.05, 3.63) is 42.2 Å². The molecule has 3 rings (SSSR count). The first-order valence-corrected chi connectivity index (χ1v) is 7.36. The van der Waals surface area contributed by atoms with E-state index in [2.05, 4.69) is 17.6 Å². The molecular weight excluding hydrogens is 248 g/mol. The lowest BCUT2D eigenvalue weighted by Crippen LogP contribution is -2.47. The highest BCUT2D eigenvalue weighted by molar-refractivity contribution is 5.40. The van der Waals surface area contributed by atoms with Crippen molar-refractivity contribution in [1.82, 2.24) is 4.98 Å². The van der Waals surface area contributed by atoms with Crippen LogP contribution in [0.15, 0.2) is 36.5 Å². The molecule has 2 heterocycles. The van der Waals surface area contributed by atoms with E-state index < -0.39 is 0 Å². The van der Waals surface area contributed by atoms with Gasteiger partial charge >= 0.3 is 0 Å². The zero-order chi connectivity index (χ0) is 14.1. The summed E-state index contributed by atoms with van der Waals surface area (Å²) in [7, 11) is 0. The molecular formula is C17H20N2O. The quantitative estimate of drug-likeness (QED) is 0.771. The zero-order valence-electron chi connectivity index (χ0n) is 11.8. The Morgan fingerprint density at radius 2 is 2.10 bits per heavy atom. The lowest BCUT2D eigenvalue weighted by molar-refractivity contribution is -0.0951. The van der Waals surface area contributed by atoms with Gasteiger partial charge in [-0.3, -0.25) is 4.98 Å². The van der Waals surface area contributed by atoms with Crippen LogP contribution in [-0.2, 0) is 10.2 Å². The van der Waals surface area contributed by atoms with Gasteiger partial charge in [-0.15, -0.1) is 0 Å². The Morgan fingerprint density at radius 1 is 1.30 bits per heavy atom. The van der Waals surface area contributed by atoms with Crippen LogP contribution in [0.25, 0.3) is 0 Å². The van der Waals surface area contributed by atoms with Gasteiger partial charge in [0.05, 0.1) is 22.8 Å². The van der Waals surface area contributed by atoms with Crippen LogP contribution < -0.4 is 0 Å². The molecule has 1 spiro atoms. The molecule has 0 N–H and O–H groups in total. The number of aromatic nitrogens is 1. The van der Waals surface area contributed by atoms with Gasteiger partial charge < -0.3 is 4.74 Å². The van der Waals surface area contributed by atoms with Crippen molar-refractivity contribution in [3.63, 3.8) is 0 Å². The fourth-order valence-corrected chi connectivity index (χ4v) is 3.86. The van der Waals surface area contributed by atoms with Crippen LogP contribution in [0.1, 0.15) is 44.2 Å². The monoisotopic (exact) mass is 268 g/mol. The molecule has 1 aromatic heterocycles. The first-order valence-electron chi connectivity index (χ1n) is 7.36. The van der Waals surface area contributed by atoms with Gasteiger partial charge in [0, 0.05) is 18.4 Å². The van der Waals surface area contributed by atoms with Gasteiger partial charge in [0.1, 0.15) is 0 Å². The Labute approximate surface area is 120 Å². The number of nitrogens with zero attached hydrogens (tertiary/aromatic N) is 2. The van der Waals surface area contributed by atoms with Gasteiger partial charge in [-0.25, -0.2) is 0 Å². The van der Waals surface area contributed by atoms with Gasteiger partial charge in [0.2, 0.25) is 0 Å². The van der Waals surface area contributed by atoms with E-state index in [-0.39, 0.29) is 11.0 Å². The lowest BCUT2D eigenvalue weighted by Gasteiger charge is -2.45. The molecule has 0 unspecified atom stereocenters. The summed E-state index contributed by atoms with van der Waals surface area (Å²) in [5, 5.41) is 9.43. The normalized spacial score (nSPS) is 28.1. The Hall–Kier alpha value is -1.66. The van der Waals surface area contributed by atoms with Gasteiger partial charge in [-0.05, 0) is 37.8 Å². The summed E-state index contributed by atoms with van der Waals surface area (Å²) in [5.74, 6) is 0. The number of ether oxygens (including phenoxy) is 1. The fraction of sp³-hybridized carbons (Fsp3) is 0.529. The third-order valence-corrected chi connectivity index (χ3v) is 4.94. The molecule has 1 aliphatic heterocycles. The smallest absolute Gasteiger partial charge is 0.0951 e. The molecule has 2 fully saturated rings. The highest BCUT2D eigenvalue weighted by atomic mass is 16.5. The van der Waals surface area contributed by atoms with E-state index in [0.717, 1.165) is 31.4 Å². The molecule has 1 saturated heterocycles. The van der Waals surface area contributed by atoms with E-state index in [4.69, 9.17) is 4.74 Å². The van der Waals surface area contributed by atoms with Crippen LogP contribution in [0.5, 0.6) is 0 Å². The second kappa shape index (κ2) is 5.03. The van der Waals surface area contributed by atoms with E-state index in [1.807, 2.05) is 18.2 Å². The van der Waals surface area contributed by atoms with E-state index >= 15 is 0 Å². The highest BCUT2D eigenvalue weighted by Crippen LogP contribution is 2.50. The average Bonchev–Trinajstić information content (AvgIpc) is 2.95. The molecule has 20 heavy (non-hydrogen) atoms. The molecule has 0 radical (unpaired) electrons. The van der Waals surface area contributed by atoms with E-state index in [0.29, 0.717) is 12.2 Å². The molecule has 0 amide bonds. The largest absolute Gasteiger partial charge is 0.375 e. The van der Waals surface area contributed by atoms with Crippen molar-refractivity contribution in [2.24, 2.45) is 0 Å². The number of hydrogen-bond acceptors (Lipinski definition) is 3. The molecule has 0 bridgehead atoms. The van der Waals surface area contributed by atoms with Crippen molar-refractivity contribution in [3.8, 4) is 6.07 Å². The fourth-order valence-electron chi connectivity index (χ4n) is 3.86. The Morgan fingerprint density at radius 3 is 2.75 bits per heavy atom. The van der Waals surface area contributed by atoms with Crippen molar-refractivity contribution < 1.29 is 4.74 Å². The summed E-state index contributed by atoms with van der Waals surface area (Å²) in [5.41, 5.74) is 1.21. The summed E-state index contributed by atoms with van der Waals surface area (Å²) in [6.45, 7) is 4.74. The van der Waals surface area contributed by atoms with E-state index in [1.54, 1.807) is 6.20 Å². The predicted molar refractivity (Wildman–Crippen MR) is 77.1 cm³/mol. The molecule has 2 aliphatic rings. The second-order valence-corrected chi connectivity index (χ2v) is 6.05. The van der Waals surface area contributed by atoms with Crippen molar-refractivity contribution in [2.75, 3.05) is 6.61 Å². The SMILES string of the molecule is C=C(C#N)[C@@]1(c2ccccn2)CCOC2(CCCC2)C1. The summed E-state index contributed by atoms with van der Waals surface area (Å²) in [6.07, 6.45) is 8.09. The van der Waals surface area contributed by atoms with Crippen LogP contribution in [0, 0.1) is 11.3 Å². The Balaban J connectivity index is 2.03. The first kappa shape index (κ1) is 13.3. The maximum absolute atomic E-state index is 9.43. The summed E-state index contributed by atoms with van der Waals surface area (Å²) >= 11 is 0. The van der Waals surface area contributed by atoms with Crippen LogP contribution in [0.4, 0.5) is 0 Å². The molecule has 1 saturated carbocycles. The minimum absolute atomic E-state index is 0.0600. The second-order valence-electron chi connectivity index (χ2n) is 6.05. The molecule has 1 atom stereocenters. The highest BCUT2D eigenvalue weighted by Gasteiger charge is 2.50. The molecule has 1 aliphatic carbocycles. The average molecular weight is 268 g/mol. The standard InChI is InChI=1S/C17H20N2O/c1-14(12-18)17(15-6-2-5-10-19-15)9-11-20-16(13-17)7-3-4-8-16/h2,5-6,10H,1,3-4,7-9,11,13H2/t17-/m1/s1. The number of hydrogen-bond donors (Lipinski definition) is 0. The molecule has 1 aromatic rings. The Bertz CT molecular complexity index is 540. The van der Waals surface area contributed by atoms with E-state index in [9.17, 15) is 5.26 Å². The Kier molecular flexibility index (Phi) is 3.35. The third-order valence-electron chi connectivity index (χ3n) is 4.94. The third kappa shape index (κ3) is 2.05. The number of allylic oxidation sites excluding steroid dienone is 1. The number of nitriles is 1. The molecule has 3 nitrogen and oxygen atoms in total. The number of pyridine rings is 1. The van der Waals surface area contributed by atoms with Crippen LogP contribution in [0.2, 0.25) is 0 Å². The molecule has 104 valence electrons. The van der Waals surface area contributed by atoms with Crippen LogP contribution in [0.3, 0.4) is 0 Å². The van der Waals surface area contributed by atoms with Gasteiger partial charge in [-0.1, -0.05) is 25.5 Å². The van der Waals surface area contributed by atoms with Crippen molar-refractivity contribution >= 4 is 0 Å². The zero-order valence-corrected chi connectivity index (χ0v) is 11.8. The topological polar surface area (TPSA) is 45.9 Å². The summed E-state index contributed by atoms with van der Waals surface area (Å²) in [6, 6.07) is 8.22. The molecule has 3 heteroatoms. The van der Waals surface area contributed by atoms with Crippen LogP contribution in [-0.4, -0.2) is 17.2 Å². The van der Waals surface area contributed by atoms with Crippen LogP contribution >= 0.6 is 0 Å². The van der Waals surface area contributed by atoms with Crippen molar-refractivity contribution in [1.29, 1.82) is 5.26 Å².